The van der Waals surface area contributed by atoms with Crippen LogP contribution in [0.15, 0.2) is 36.5 Å². The number of aromatic nitrogens is 1. The summed E-state index contributed by atoms with van der Waals surface area (Å²) in [6.07, 6.45) is 2.03. The molecule has 0 radical (unpaired) electrons. The minimum absolute atomic E-state index is 0.990. The van der Waals surface area contributed by atoms with Crippen LogP contribution in [0.2, 0.25) is 0 Å². The standard InChI is InChI=1S/C13H13N/c1-10-6-4-7-12(11(10)2)13-8-5-9-14(13)3/h4-9H,1-2H2,3H3. The van der Waals surface area contributed by atoms with Crippen LogP contribution in [0.4, 0.5) is 0 Å². The third kappa shape index (κ3) is 1.27. The lowest BCUT2D eigenvalue weighted by Gasteiger charge is -2.04. The maximum absolute atomic E-state index is 4.04. The lowest BCUT2D eigenvalue weighted by atomic mass is 10.1. The lowest BCUT2D eigenvalue weighted by molar-refractivity contribution is 0.936. The first-order valence-corrected chi connectivity index (χ1v) is 4.59. The Labute approximate surface area is 83.6 Å². The predicted octanol–water partition coefficient (Wildman–Crippen LogP) is 1.51. The Balaban J connectivity index is 2.76. The molecule has 0 saturated carbocycles. The highest BCUT2D eigenvalue weighted by molar-refractivity contribution is 5.61. The monoisotopic (exact) mass is 183 g/mol. The van der Waals surface area contributed by atoms with E-state index in [-0.39, 0.29) is 0 Å². The molecule has 0 spiro atoms. The van der Waals surface area contributed by atoms with E-state index in [4.69, 9.17) is 0 Å². The van der Waals surface area contributed by atoms with Crippen molar-refractivity contribution >= 4 is 13.2 Å². The van der Waals surface area contributed by atoms with Crippen LogP contribution >= 0.6 is 0 Å². The predicted molar refractivity (Wildman–Crippen MR) is 61.1 cm³/mol. The summed E-state index contributed by atoms with van der Waals surface area (Å²) < 4.78 is 2.09. The van der Waals surface area contributed by atoms with E-state index in [1.807, 2.05) is 31.4 Å². The van der Waals surface area contributed by atoms with Gasteiger partial charge in [-0.1, -0.05) is 31.4 Å². The van der Waals surface area contributed by atoms with Gasteiger partial charge in [0, 0.05) is 24.5 Å². The fraction of sp³-hybridized carbons (Fsp3) is 0.0769. The zero-order valence-electron chi connectivity index (χ0n) is 8.33. The molecule has 1 aromatic carbocycles. The van der Waals surface area contributed by atoms with Gasteiger partial charge >= 0.3 is 0 Å². The molecule has 0 aliphatic carbocycles. The van der Waals surface area contributed by atoms with E-state index >= 15 is 0 Å². The molecular formula is C13H13N. The largest absolute Gasteiger partial charge is 0.351 e. The molecule has 0 fully saturated rings. The highest BCUT2D eigenvalue weighted by Crippen LogP contribution is 2.13. The van der Waals surface area contributed by atoms with Crippen LogP contribution < -0.4 is 10.4 Å². The van der Waals surface area contributed by atoms with E-state index in [0.29, 0.717) is 0 Å². The van der Waals surface area contributed by atoms with Gasteiger partial charge in [-0.15, -0.1) is 0 Å². The maximum Gasteiger partial charge on any atom is 0.0483 e. The summed E-state index contributed by atoms with van der Waals surface area (Å²) in [4.78, 5) is 0. The van der Waals surface area contributed by atoms with Gasteiger partial charge in [0.2, 0.25) is 0 Å². The van der Waals surface area contributed by atoms with Crippen molar-refractivity contribution in [1.82, 2.24) is 4.57 Å². The Morgan fingerprint density at radius 2 is 1.86 bits per heavy atom. The van der Waals surface area contributed by atoms with Gasteiger partial charge in [0.1, 0.15) is 0 Å². The van der Waals surface area contributed by atoms with Gasteiger partial charge in [-0.25, -0.2) is 0 Å². The summed E-state index contributed by atoms with van der Waals surface area (Å²) in [5, 5.41) is 2.00. The third-order valence-corrected chi connectivity index (χ3v) is 2.49. The fourth-order valence-corrected chi connectivity index (χ4v) is 1.62. The normalized spacial score (nSPS) is 10.4. The molecular weight excluding hydrogens is 170 g/mol. The van der Waals surface area contributed by atoms with Crippen molar-refractivity contribution in [2.45, 2.75) is 0 Å². The Morgan fingerprint density at radius 3 is 2.50 bits per heavy atom. The number of rotatable bonds is 1. The molecule has 14 heavy (non-hydrogen) atoms. The van der Waals surface area contributed by atoms with Crippen LogP contribution in [0.3, 0.4) is 0 Å². The molecule has 70 valence electrons. The van der Waals surface area contributed by atoms with Crippen LogP contribution in [0, 0.1) is 0 Å². The third-order valence-electron chi connectivity index (χ3n) is 2.49. The summed E-state index contributed by atoms with van der Waals surface area (Å²) >= 11 is 0. The highest BCUT2D eigenvalue weighted by Gasteiger charge is 2.01. The molecule has 0 amide bonds. The number of aryl methyl sites for hydroxylation is 1. The first-order valence-electron chi connectivity index (χ1n) is 4.59. The van der Waals surface area contributed by atoms with Crippen molar-refractivity contribution in [2.24, 2.45) is 7.05 Å². The van der Waals surface area contributed by atoms with Gasteiger partial charge in [0.15, 0.2) is 0 Å². The van der Waals surface area contributed by atoms with Crippen molar-refractivity contribution in [3.8, 4) is 11.3 Å². The second kappa shape index (κ2) is 3.18. The average Bonchev–Trinajstić information content (AvgIpc) is 2.57. The molecule has 0 unspecified atom stereocenters. The van der Waals surface area contributed by atoms with Crippen molar-refractivity contribution < 1.29 is 0 Å². The van der Waals surface area contributed by atoms with E-state index in [0.717, 1.165) is 16.0 Å². The van der Waals surface area contributed by atoms with E-state index in [9.17, 15) is 0 Å². The van der Waals surface area contributed by atoms with Gasteiger partial charge in [0.05, 0.1) is 0 Å². The zero-order valence-corrected chi connectivity index (χ0v) is 8.33. The maximum atomic E-state index is 4.04. The second-order valence-electron chi connectivity index (χ2n) is 3.45. The van der Waals surface area contributed by atoms with E-state index in [1.165, 1.54) is 5.69 Å². The molecule has 1 heteroatoms. The summed E-state index contributed by atoms with van der Waals surface area (Å²) in [5.41, 5.74) is 2.34. The minimum atomic E-state index is 0.990. The molecule has 1 heterocycles. The fourth-order valence-electron chi connectivity index (χ4n) is 1.62. The molecule has 0 aliphatic heterocycles. The van der Waals surface area contributed by atoms with Gasteiger partial charge in [-0.3, -0.25) is 0 Å². The minimum Gasteiger partial charge on any atom is -0.351 e. The van der Waals surface area contributed by atoms with Crippen molar-refractivity contribution in [1.29, 1.82) is 0 Å². The number of hydrogen-bond donors (Lipinski definition) is 0. The molecule has 2 rings (SSSR count). The van der Waals surface area contributed by atoms with Crippen LogP contribution in [0.5, 0.6) is 0 Å². The topological polar surface area (TPSA) is 4.93 Å². The number of benzene rings is 1. The van der Waals surface area contributed by atoms with Gasteiger partial charge in [-0.2, -0.15) is 0 Å². The molecule has 0 N–H and O–H groups in total. The first-order chi connectivity index (χ1) is 6.70. The molecule has 1 nitrogen and oxygen atoms in total. The number of nitrogens with zero attached hydrogens (tertiary/aromatic N) is 1. The highest BCUT2D eigenvalue weighted by atomic mass is 14.9. The second-order valence-corrected chi connectivity index (χ2v) is 3.45. The SMILES string of the molecule is C=c1cccc(-c2cccn2C)c1=C. The Morgan fingerprint density at radius 1 is 1.07 bits per heavy atom. The van der Waals surface area contributed by atoms with Crippen LogP contribution in [0.1, 0.15) is 0 Å². The van der Waals surface area contributed by atoms with Gasteiger partial charge in [-0.05, 0) is 22.6 Å². The summed E-state index contributed by atoms with van der Waals surface area (Å²) in [6.45, 7) is 7.99. The molecule has 0 atom stereocenters. The average molecular weight is 183 g/mol. The van der Waals surface area contributed by atoms with Crippen molar-refractivity contribution in [3.05, 3.63) is 47.0 Å². The summed E-state index contributed by atoms with van der Waals surface area (Å²) in [7, 11) is 2.03. The zero-order chi connectivity index (χ0) is 10.1. The van der Waals surface area contributed by atoms with Gasteiger partial charge in [0.25, 0.3) is 0 Å². The molecule has 1 aromatic heterocycles. The van der Waals surface area contributed by atoms with Crippen molar-refractivity contribution in [2.75, 3.05) is 0 Å². The van der Waals surface area contributed by atoms with E-state index in [1.54, 1.807) is 0 Å². The Hall–Kier alpha value is -1.76. The molecule has 0 bridgehead atoms. The van der Waals surface area contributed by atoms with E-state index < -0.39 is 0 Å². The van der Waals surface area contributed by atoms with Crippen LogP contribution in [-0.2, 0) is 7.05 Å². The van der Waals surface area contributed by atoms with Crippen molar-refractivity contribution in [3.63, 3.8) is 0 Å². The quantitative estimate of drug-likeness (QED) is 0.631. The lowest BCUT2D eigenvalue weighted by Crippen LogP contribution is -2.23. The van der Waals surface area contributed by atoms with Crippen LogP contribution in [0.25, 0.3) is 24.4 Å². The Kier molecular flexibility index (Phi) is 2.01. The Bertz CT molecular complexity index is 549. The first kappa shape index (κ1) is 8.82. The summed E-state index contributed by atoms with van der Waals surface area (Å²) in [6, 6.07) is 10.2. The van der Waals surface area contributed by atoms with Gasteiger partial charge < -0.3 is 4.57 Å². The van der Waals surface area contributed by atoms with E-state index in [2.05, 4.69) is 29.9 Å². The molecule has 0 aliphatic rings. The van der Waals surface area contributed by atoms with Crippen LogP contribution in [-0.4, -0.2) is 4.57 Å². The smallest absolute Gasteiger partial charge is 0.0483 e. The number of hydrogen-bond acceptors (Lipinski definition) is 0. The molecule has 2 aromatic rings. The molecule has 0 saturated heterocycles. The summed E-state index contributed by atoms with van der Waals surface area (Å²) in [5.74, 6) is 0.